The summed E-state index contributed by atoms with van der Waals surface area (Å²) in [6.45, 7) is 0. The Morgan fingerprint density at radius 1 is 1.42 bits per heavy atom. The van der Waals surface area contributed by atoms with Gasteiger partial charge in [0.1, 0.15) is 10.0 Å². The van der Waals surface area contributed by atoms with Crippen LogP contribution in [0.4, 0.5) is 0 Å². The molecular formula is C10H11ClN6OS. The summed E-state index contributed by atoms with van der Waals surface area (Å²) in [6, 6.07) is 0.332. The molecule has 0 aromatic carbocycles. The first-order valence-corrected chi connectivity index (χ1v) is 7.14. The Bertz CT molecular complexity index is 635. The van der Waals surface area contributed by atoms with Gasteiger partial charge in [-0.05, 0) is 35.0 Å². The average Bonchev–Trinajstić information content (AvgIpc) is 3.05. The van der Waals surface area contributed by atoms with Crippen LogP contribution in [0.25, 0.3) is 0 Å². The molecule has 0 radical (unpaired) electrons. The highest BCUT2D eigenvalue weighted by Gasteiger charge is 2.22. The second-order valence-corrected chi connectivity index (χ2v) is 5.63. The summed E-state index contributed by atoms with van der Waals surface area (Å²) < 4.78 is 1.80. The molecule has 3 rings (SSSR count). The van der Waals surface area contributed by atoms with Gasteiger partial charge >= 0.3 is 0 Å². The quantitative estimate of drug-likeness (QED) is 0.867. The monoisotopic (exact) mass is 298 g/mol. The van der Waals surface area contributed by atoms with Gasteiger partial charge in [-0.1, -0.05) is 24.4 Å². The van der Waals surface area contributed by atoms with Crippen molar-refractivity contribution in [3.8, 4) is 0 Å². The van der Waals surface area contributed by atoms with Gasteiger partial charge in [-0.15, -0.1) is 5.10 Å². The molecular weight excluding hydrogens is 288 g/mol. The maximum atomic E-state index is 11.4. The van der Waals surface area contributed by atoms with E-state index in [1.54, 1.807) is 4.68 Å². The molecule has 1 N–H and O–H groups in total. The van der Waals surface area contributed by atoms with Crippen molar-refractivity contribution < 1.29 is 0 Å². The summed E-state index contributed by atoms with van der Waals surface area (Å²) >= 11 is 7.13. The maximum absolute atomic E-state index is 11.4. The molecule has 1 aliphatic rings. The number of rotatable bonds is 3. The van der Waals surface area contributed by atoms with E-state index in [2.05, 4.69) is 25.5 Å². The Balaban J connectivity index is 1.89. The second kappa shape index (κ2) is 5.30. The van der Waals surface area contributed by atoms with Crippen LogP contribution in [-0.2, 0) is 0 Å². The van der Waals surface area contributed by atoms with E-state index in [9.17, 15) is 4.79 Å². The minimum Gasteiger partial charge on any atom is -0.312 e. The van der Waals surface area contributed by atoms with E-state index in [1.807, 2.05) is 0 Å². The molecule has 1 saturated carbocycles. The van der Waals surface area contributed by atoms with Gasteiger partial charge in [-0.25, -0.2) is 9.67 Å². The Kier molecular flexibility index (Phi) is 3.52. The number of nitrogens with zero attached hydrogens (tertiary/aromatic N) is 5. The van der Waals surface area contributed by atoms with Gasteiger partial charge in [0.2, 0.25) is 5.16 Å². The van der Waals surface area contributed by atoms with Crippen molar-refractivity contribution in [3.63, 3.8) is 0 Å². The fraction of sp³-hybridized carbons (Fsp3) is 0.500. The highest BCUT2D eigenvalue weighted by atomic mass is 35.5. The van der Waals surface area contributed by atoms with Gasteiger partial charge < -0.3 is 4.98 Å². The number of aromatic nitrogens is 6. The van der Waals surface area contributed by atoms with Crippen molar-refractivity contribution in [2.24, 2.45) is 0 Å². The molecule has 19 heavy (non-hydrogen) atoms. The molecule has 0 bridgehead atoms. The molecule has 100 valence electrons. The van der Waals surface area contributed by atoms with Crippen LogP contribution in [0, 0.1) is 0 Å². The number of halogens is 1. The lowest BCUT2D eigenvalue weighted by atomic mass is 10.3. The van der Waals surface area contributed by atoms with Crippen LogP contribution in [0.15, 0.2) is 21.3 Å². The lowest BCUT2D eigenvalue weighted by Crippen LogP contribution is -2.10. The first kappa shape index (κ1) is 12.6. The topological polar surface area (TPSA) is 89.3 Å². The summed E-state index contributed by atoms with van der Waals surface area (Å²) in [5.74, 6) is 0. The lowest BCUT2D eigenvalue weighted by molar-refractivity contribution is 0.423. The molecule has 0 spiro atoms. The van der Waals surface area contributed by atoms with E-state index in [4.69, 9.17) is 11.6 Å². The van der Waals surface area contributed by atoms with Crippen LogP contribution >= 0.6 is 23.4 Å². The molecule has 1 fully saturated rings. The smallest absolute Gasteiger partial charge is 0.270 e. The minimum atomic E-state index is -0.362. The molecule has 0 unspecified atom stereocenters. The van der Waals surface area contributed by atoms with Crippen LogP contribution in [0.3, 0.4) is 0 Å². The predicted octanol–water partition coefficient (Wildman–Crippen LogP) is 1.68. The standard InChI is InChI=1S/C10H11ClN6OS/c11-7-8(18)12-5-13-9(7)19-10-14-15-16-17(10)6-3-1-2-4-6/h5-6H,1-4H2,(H,12,13,18). The zero-order chi connectivity index (χ0) is 13.2. The largest absolute Gasteiger partial charge is 0.312 e. The van der Waals surface area contributed by atoms with E-state index >= 15 is 0 Å². The first-order valence-electron chi connectivity index (χ1n) is 5.94. The van der Waals surface area contributed by atoms with Crippen LogP contribution in [0.1, 0.15) is 31.7 Å². The molecule has 7 nitrogen and oxygen atoms in total. The van der Waals surface area contributed by atoms with Crippen molar-refractivity contribution in [1.82, 2.24) is 30.2 Å². The molecule has 0 amide bonds. The summed E-state index contributed by atoms with van der Waals surface area (Å²) in [5.41, 5.74) is -0.362. The van der Waals surface area contributed by atoms with Gasteiger partial charge in [0.05, 0.1) is 12.4 Å². The molecule has 2 aromatic rings. The molecule has 0 atom stereocenters. The molecule has 0 aliphatic heterocycles. The summed E-state index contributed by atoms with van der Waals surface area (Å²) in [7, 11) is 0. The van der Waals surface area contributed by atoms with Gasteiger partial charge in [-0.3, -0.25) is 4.79 Å². The SMILES string of the molecule is O=c1[nH]cnc(Sc2nnnn2C2CCCC2)c1Cl. The van der Waals surface area contributed by atoms with E-state index in [-0.39, 0.29) is 10.6 Å². The molecule has 0 saturated heterocycles. The van der Waals surface area contributed by atoms with Gasteiger partial charge in [0, 0.05) is 0 Å². The Morgan fingerprint density at radius 2 is 2.21 bits per heavy atom. The lowest BCUT2D eigenvalue weighted by Gasteiger charge is -2.10. The van der Waals surface area contributed by atoms with E-state index < -0.39 is 0 Å². The van der Waals surface area contributed by atoms with E-state index in [0.29, 0.717) is 16.2 Å². The van der Waals surface area contributed by atoms with Gasteiger partial charge in [0.25, 0.3) is 5.56 Å². The Labute approximate surface area is 117 Å². The van der Waals surface area contributed by atoms with E-state index in [1.165, 1.54) is 30.9 Å². The highest BCUT2D eigenvalue weighted by Crippen LogP contribution is 2.34. The Morgan fingerprint density at radius 3 is 3.00 bits per heavy atom. The fourth-order valence-corrected chi connectivity index (χ4v) is 3.19. The molecule has 1 aliphatic carbocycles. The van der Waals surface area contributed by atoms with Gasteiger partial charge in [0.15, 0.2) is 0 Å². The number of aromatic amines is 1. The average molecular weight is 299 g/mol. The van der Waals surface area contributed by atoms with Crippen LogP contribution in [0.2, 0.25) is 5.02 Å². The third kappa shape index (κ3) is 2.50. The number of hydrogen-bond donors (Lipinski definition) is 1. The predicted molar refractivity (Wildman–Crippen MR) is 69.3 cm³/mol. The van der Waals surface area contributed by atoms with Gasteiger partial charge in [-0.2, -0.15) is 0 Å². The van der Waals surface area contributed by atoms with Crippen molar-refractivity contribution in [2.45, 2.75) is 41.9 Å². The molecule has 2 aromatic heterocycles. The number of nitrogens with one attached hydrogen (secondary N) is 1. The van der Waals surface area contributed by atoms with Crippen LogP contribution in [-0.4, -0.2) is 30.2 Å². The van der Waals surface area contributed by atoms with Crippen molar-refractivity contribution in [3.05, 3.63) is 21.7 Å². The number of hydrogen-bond acceptors (Lipinski definition) is 6. The minimum absolute atomic E-state index is 0.0634. The summed E-state index contributed by atoms with van der Waals surface area (Å²) in [6.07, 6.45) is 5.86. The van der Waals surface area contributed by atoms with Crippen molar-refractivity contribution >= 4 is 23.4 Å². The summed E-state index contributed by atoms with van der Waals surface area (Å²) in [5, 5.41) is 12.8. The Hall–Kier alpha value is -1.41. The van der Waals surface area contributed by atoms with Crippen molar-refractivity contribution in [1.29, 1.82) is 0 Å². The van der Waals surface area contributed by atoms with Crippen LogP contribution in [0.5, 0.6) is 0 Å². The number of H-pyrrole nitrogens is 1. The maximum Gasteiger partial charge on any atom is 0.270 e. The van der Waals surface area contributed by atoms with Crippen molar-refractivity contribution in [2.75, 3.05) is 0 Å². The molecule has 9 heteroatoms. The fourth-order valence-electron chi connectivity index (χ4n) is 2.15. The van der Waals surface area contributed by atoms with Crippen LogP contribution < -0.4 is 5.56 Å². The zero-order valence-electron chi connectivity index (χ0n) is 9.91. The van der Waals surface area contributed by atoms with E-state index in [0.717, 1.165) is 12.8 Å². The summed E-state index contributed by atoms with van der Waals surface area (Å²) in [4.78, 5) is 17.9. The first-order chi connectivity index (χ1) is 9.25. The second-order valence-electron chi connectivity index (χ2n) is 4.30. The normalized spacial score (nSPS) is 16.1. The zero-order valence-corrected chi connectivity index (χ0v) is 11.5. The third-order valence-electron chi connectivity index (χ3n) is 3.09. The number of tetrazole rings is 1. The highest BCUT2D eigenvalue weighted by molar-refractivity contribution is 7.99. The molecule has 2 heterocycles. The third-order valence-corrected chi connectivity index (χ3v) is 4.50.